The molecule has 1 N–H and O–H groups in total. The highest BCUT2D eigenvalue weighted by Gasteiger charge is 2.29. The van der Waals surface area contributed by atoms with Crippen LogP contribution in [-0.4, -0.2) is 31.6 Å². The summed E-state index contributed by atoms with van der Waals surface area (Å²) in [5.41, 5.74) is 1.22. The maximum atomic E-state index is 13.5. The Balaban J connectivity index is 2.20. The molecule has 0 amide bonds. The second-order valence-corrected chi connectivity index (χ2v) is 6.91. The molecule has 0 saturated carbocycles. The molecular weight excluding hydrogens is 331 g/mol. The molecule has 2 rings (SSSR count). The Morgan fingerprint density at radius 3 is 2.90 bits per heavy atom. The minimum Gasteiger partial charge on any atom is -0.316 e. The van der Waals surface area contributed by atoms with Gasteiger partial charge in [-0.15, -0.1) is 0 Å². The first-order valence-electron chi connectivity index (χ1n) is 7.99. The summed E-state index contributed by atoms with van der Waals surface area (Å²) in [4.78, 5) is 2.44. The van der Waals surface area contributed by atoms with Gasteiger partial charge in [-0.05, 0) is 85.5 Å². The minimum absolute atomic E-state index is 0.185. The number of likely N-dealkylation sites (tertiary alicyclic amines) is 1. The summed E-state index contributed by atoms with van der Waals surface area (Å²) in [7, 11) is 2.19. The fourth-order valence-corrected chi connectivity index (χ4v) is 3.72. The molecule has 4 heteroatoms. The van der Waals surface area contributed by atoms with Gasteiger partial charge in [-0.3, -0.25) is 4.90 Å². The highest BCUT2D eigenvalue weighted by atomic mass is 79.9. The summed E-state index contributed by atoms with van der Waals surface area (Å²) in [6.45, 7) is 5.42. The SMILES string of the molecule is CCCNCC1CCCCN(C)C1c1ccc(F)c(Br)c1. The topological polar surface area (TPSA) is 15.3 Å². The van der Waals surface area contributed by atoms with Crippen molar-refractivity contribution in [3.63, 3.8) is 0 Å². The Morgan fingerprint density at radius 2 is 2.19 bits per heavy atom. The van der Waals surface area contributed by atoms with E-state index in [-0.39, 0.29) is 5.82 Å². The van der Waals surface area contributed by atoms with Crippen LogP contribution in [0.5, 0.6) is 0 Å². The van der Waals surface area contributed by atoms with E-state index in [2.05, 4.69) is 40.1 Å². The largest absolute Gasteiger partial charge is 0.316 e. The van der Waals surface area contributed by atoms with Gasteiger partial charge < -0.3 is 5.32 Å². The summed E-state index contributed by atoms with van der Waals surface area (Å²) < 4.78 is 14.1. The van der Waals surface area contributed by atoms with Crippen molar-refractivity contribution in [2.75, 3.05) is 26.7 Å². The molecule has 1 aliphatic rings. The zero-order valence-corrected chi connectivity index (χ0v) is 14.6. The van der Waals surface area contributed by atoms with Gasteiger partial charge in [-0.2, -0.15) is 0 Å². The Bertz CT molecular complexity index is 452. The van der Waals surface area contributed by atoms with Crippen LogP contribution < -0.4 is 5.32 Å². The smallest absolute Gasteiger partial charge is 0.137 e. The zero-order valence-electron chi connectivity index (χ0n) is 13.0. The van der Waals surface area contributed by atoms with E-state index in [1.807, 2.05) is 12.1 Å². The predicted molar refractivity (Wildman–Crippen MR) is 90.0 cm³/mol. The van der Waals surface area contributed by atoms with Crippen LogP contribution in [0.25, 0.3) is 0 Å². The van der Waals surface area contributed by atoms with Crippen LogP contribution in [0.3, 0.4) is 0 Å². The quantitative estimate of drug-likeness (QED) is 0.788. The first-order chi connectivity index (χ1) is 10.1. The number of nitrogens with zero attached hydrogens (tertiary/aromatic N) is 1. The third kappa shape index (κ3) is 4.51. The molecule has 2 unspecified atom stereocenters. The summed E-state index contributed by atoms with van der Waals surface area (Å²) in [6, 6.07) is 5.84. The average molecular weight is 357 g/mol. The van der Waals surface area contributed by atoms with E-state index >= 15 is 0 Å². The summed E-state index contributed by atoms with van der Waals surface area (Å²) in [5.74, 6) is 0.400. The maximum absolute atomic E-state index is 13.5. The molecule has 1 heterocycles. The van der Waals surface area contributed by atoms with Gasteiger partial charge in [0.1, 0.15) is 5.82 Å². The molecule has 0 spiro atoms. The standard InChI is InChI=1S/C17H26BrFN2/c1-3-9-20-12-14-6-4-5-10-21(2)17(14)13-7-8-16(19)15(18)11-13/h7-8,11,14,17,20H,3-6,9-10,12H2,1-2H3. The van der Waals surface area contributed by atoms with Gasteiger partial charge in [0.25, 0.3) is 0 Å². The fourth-order valence-electron chi connectivity index (χ4n) is 3.33. The number of nitrogens with one attached hydrogen (secondary N) is 1. The lowest BCUT2D eigenvalue weighted by molar-refractivity contribution is 0.189. The molecule has 118 valence electrons. The van der Waals surface area contributed by atoms with Gasteiger partial charge in [0.05, 0.1) is 4.47 Å². The summed E-state index contributed by atoms with van der Waals surface area (Å²) in [6.07, 6.45) is 4.93. The molecule has 1 aliphatic heterocycles. The molecule has 1 fully saturated rings. The van der Waals surface area contributed by atoms with Gasteiger partial charge in [0, 0.05) is 6.04 Å². The van der Waals surface area contributed by atoms with Gasteiger partial charge in [-0.1, -0.05) is 19.4 Å². The Hall–Kier alpha value is -0.450. The van der Waals surface area contributed by atoms with Crippen LogP contribution in [-0.2, 0) is 0 Å². The molecule has 0 bridgehead atoms. The van der Waals surface area contributed by atoms with E-state index in [1.165, 1.54) is 24.8 Å². The van der Waals surface area contributed by atoms with Gasteiger partial charge in [-0.25, -0.2) is 4.39 Å². The number of hydrogen-bond acceptors (Lipinski definition) is 2. The van der Waals surface area contributed by atoms with Crippen molar-refractivity contribution < 1.29 is 4.39 Å². The minimum atomic E-state index is -0.185. The van der Waals surface area contributed by atoms with Gasteiger partial charge in [0.2, 0.25) is 0 Å². The second-order valence-electron chi connectivity index (χ2n) is 6.06. The van der Waals surface area contributed by atoms with Crippen molar-refractivity contribution in [3.8, 4) is 0 Å². The van der Waals surface area contributed by atoms with E-state index in [9.17, 15) is 4.39 Å². The third-order valence-electron chi connectivity index (χ3n) is 4.38. The molecule has 21 heavy (non-hydrogen) atoms. The highest BCUT2D eigenvalue weighted by Crippen LogP contribution is 2.35. The van der Waals surface area contributed by atoms with E-state index in [4.69, 9.17) is 0 Å². The van der Waals surface area contributed by atoms with Crippen LogP contribution in [0.15, 0.2) is 22.7 Å². The number of hydrogen-bond donors (Lipinski definition) is 1. The van der Waals surface area contributed by atoms with Crippen molar-refractivity contribution in [2.45, 2.75) is 38.6 Å². The number of benzene rings is 1. The predicted octanol–water partition coefficient (Wildman–Crippen LogP) is 4.36. The lowest BCUT2D eigenvalue weighted by Gasteiger charge is -2.33. The van der Waals surface area contributed by atoms with Gasteiger partial charge >= 0.3 is 0 Å². The summed E-state index contributed by atoms with van der Waals surface area (Å²) >= 11 is 3.33. The molecule has 0 aliphatic carbocycles. The number of halogens is 2. The Labute approximate surface area is 136 Å². The van der Waals surface area contributed by atoms with Crippen molar-refractivity contribution in [2.24, 2.45) is 5.92 Å². The average Bonchev–Trinajstić information content (AvgIpc) is 2.64. The van der Waals surface area contributed by atoms with Crippen molar-refractivity contribution in [3.05, 3.63) is 34.1 Å². The zero-order chi connectivity index (χ0) is 15.2. The van der Waals surface area contributed by atoms with E-state index in [0.717, 1.165) is 26.1 Å². The lowest BCUT2D eigenvalue weighted by atomic mass is 9.89. The van der Waals surface area contributed by atoms with Crippen LogP contribution >= 0.6 is 15.9 Å². The molecule has 2 nitrogen and oxygen atoms in total. The molecule has 1 aromatic carbocycles. The van der Waals surface area contributed by atoms with Crippen molar-refractivity contribution >= 4 is 15.9 Å². The van der Waals surface area contributed by atoms with Crippen LogP contribution in [0.1, 0.15) is 44.2 Å². The third-order valence-corrected chi connectivity index (χ3v) is 4.98. The summed E-state index contributed by atoms with van der Waals surface area (Å²) in [5, 5.41) is 3.57. The first-order valence-corrected chi connectivity index (χ1v) is 8.78. The Kier molecular flexibility index (Phi) is 6.65. The molecule has 0 radical (unpaired) electrons. The second kappa shape index (κ2) is 8.25. The van der Waals surface area contributed by atoms with Gasteiger partial charge in [0.15, 0.2) is 0 Å². The number of rotatable bonds is 5. The highest BCUT2D eigenvalue weighted by molar-refractivity contribution is 9.10. The molecule has 2 atom stereocenters. The molecular formula is C17H26BrFN2. The van der Waals surface area contributed by atoms with Crippen molar-refractivity contribution in [1.29, 1.82) is 0 Å². The van der Waals surface area contributed by atoms with Crippen LogP contribution in [0.4, 0.5) is 4.39 Å². The van der Waals surface area contributed by atoms with Crippen LogP contribution in [0, 0.1) is 11.7 Å². The van der Waals surface area contributed by atoms with E-state index in [1.54, 1.807) is 6.07 Å². The lowest BCUT2D eigenvalue weighted by Crippen LogP contribution is -2.35. The van der Waals surface area contributed by atoms with Crippen molar-refractivity contribution in [1.82, 2.24) is 10.2 Å². The molecule has 1 aromatic rings. The normalized spacial score (nSPS) is 24.0. The van der Waals surface area contributed by atoms with E-state index in [0.29, 0.717) is 16.4 Å². The first kappa shape index (κ1) is 16.9. The fraction of sp³-hybridized carbons (Fsp3) is 0.647. The molecule has 0 aromatic heterocycles. The monoisotopic (exact) mass is 356 g/mol. The van der Waals surface area contributed by atoms with Crippen LogP contribution in [0.2, 0.25) is 0 Å². The Morgan fingerprint density at radius 1 is 1.38 bits per heavy atom. The molecule has 1 saturated heterocycles. The maximum Gasteiger partial charge on any atom is 0.137 e. The van der Waals surface area contributed by atoms with E-state index < -0.39 is 0 Å².